The number of hydrogen-bond acceptors (Lipinski definition) is 5. The largest absolute Gasteiger partial charge is 0.492 e. The molecule has 9 heteroatoms. The predicted octanol–water partition coefficient (Wildman–Crippen LogP) is 2.48. The Labute approximate surface area is 168 Å². The van der Waals surface area contributed by atoms with Gasteiger partial charge in [-0.15, -0.1) is 12.4 Å². The fraction of sp³-hybridized carbons (Fsp3) is 0.611. The Morgan fingerprint density at radius 2 is 1.96 bits per heavy atom. The van der Waals surface area contributed by atoms with Crippen molar-refractivity contribution in [1.29, 1.82) is 0 Å². The molecule has 154 valence electrons. The van der Waals surface area contributed by atoms with Gasteiger partial charge in [-0.3, -0.25) is 4.79 Å². The van der Waals surface area contributed by atoms with E-state index in [1.54, 1.807) is 6.07 Å². The number of ether oxygens (including phenoxy) is 1. The van der Waals surface area contributed by atoms with Gasteiger partial charge in [0.25, 0.3) is 0 Å². The van der Waals surface area contributed by atoms with Crippen molar-refractivity contribution in [2.24, 2.45) is 5.92 Å². The van der Waals surface area contributed by atoms with Crippen molar-refractivity contribution in [1.82, 2.24) is 9.62 Å². The first-order valence-corrected chi connectivity index (χ1v) is 10.5. The summed E-state index contributed by atoms with van der Waals surface area (Å²) in [5, 5.41) is 6.14. The predicted molar refractivity (Wildman–Crippen MR) is 109 cm³/mol. The van der Waals surface area contributed by atoms with E-state index in [9.17, 15) is 13.2 Å². The molecule has 0 saturated carbocycles. The topological polar surface area (TPSA) is 87.7 Å². The molecule has 0 bridgehead atoms. The number of hydrogen-bond donors (Lipinski definition) is 2. The molecule has 1 aliphatic rings. The van der Waals surface area contributed by atoms with Crippen molar-refractivity contribution >= 4 is 34.0 Å². The fourth-order valence-corrected chi connectivity index (χ4v) is 3.91. The van der Waals surface area contributed by atoms with Crippen LogP contribution in [-0.2, 0) is 14.8 Å². The summed E-state index contributed by atoms with van der Waals surface area (Å²) in [4.78, 5) is 12.5. The van der Waals surface area contributed by atoms with Gasteiger partial charge in [0.05, 0.1) is 17.2 Å². The van der Waals surface area contributed by atoms with E-state index in [0.29, 0.717) is 30.4 Å². The van der Waals surface area contributed by atoms with Gasteiger partial charge in [-0.25, -0.2) is 12.7 Å². The third-order valence-electron chi connectivity index (χ3n) is 4.54. The minimum absolute atomic E-state index is 0. The average molecular weight is 420 g/mol. The summed E-state index contributed by atoms with van der Waals surface area (Å²) in [6.45, 7) is 4.28. The van der Waals surface area contributed by atoms with Gasteiger partial charge in [0.15, 0.2) is 0 Å². The second kappa shape index (κ2) is 10.8. The first-order valence-electron chi connectivity index (χ1n) is 9.04. The summed E-state index contributed by atoms with van der Waals surface area (Å²) >= 11 is 0. The highest BCUT2D eigenvalue weighted by Gasteiger charge is 2.20. The highest BCUT2D eigenvalue weighted by molar-refractivity contribution is 7.89. The fourth-order valence-electron chi connectivity index (χ4n) is 2.98. The molecule has 1 aliphatic heterocycles. The Morgan fingerprint density at radius 3 is 2.56 bits per heavy atom. The van der Waals surface area contributed by atoms with Gasteiger partial charge in [-0.1, -0.05) is 0 Å². The van der Waals surface area contributed by atoms with E-state index in [4.69, 9.17) is 4.74 Å². The lowest BCUT2D eigenvalue weighted by atomic mass is 9.93. The SMILES string of the molecule is CCOc1ccc(S(=O)(=O)N(C)C)cc1NC(=O)CCC1CCNCC1.Cl. The third-order valence-corrected chi connectivity index (χ3v) is 6.35. The van der Waals surface area contributed by atoms with E-state index in [0.717, 1.165) is 36.7 Å². The molecular weight excluding hydrogens is 390 g/mol. The van der Waals surface area contributed by atoms with Gasteiger partial charge in [0.1, 0.15) is 5.75 Å². The molecule has 1 fully saturated rings. The quantitative estimate of drug-likeness (QED) is 0.675. The van der Waals surface area contributed by atoms with Crippen LogP contribution < -0.4 is 15.4 Å². The normalized spacial score (nSPS) is 15.3. The molecule has 1 saturated heterocycles. The van der Waals surface area contributed by atoms with Crippen molar-refractivity contribution in [3.05, 3.63) is 18.2 Å². The van der Waals surface area contributed by atoms with Crippen molar-refractivity contribution in [2.75, 3.05) is 39.1 Å². The number of halogens is 1. The van der Waals surface area contributed by atoms with Crippen LogP contribution in [-0.4, -0.2) is 52.4 Å². The molecule has 0 spiro atoms. The Hall–Kier alpha value is -1.35. The summed E-state index contributed by atoms with van der Waals surface area (Å²) in [7, 11) is -0.626. The highest BCUT2D eigenvalue weighted by atomic mass is 35.5. The monoisotopic (exact) mass is 419 g/mol. The number of amides is 1. The van der Waals surface area contributed by atoms with Gasteiger partial charge in [-0.05, 0) is 63.4 Å². The number of nitrogens with one attached hydrogen (secondary N) is 2. The number of sulfonamides is 1. The average Bonchev–Trinajstić information content (AvgIpc) is 2.62. The second-order valence-electron chi connectivity index (χ2n) is 6.66. The molecule has 2 rings (SSSR count). The molecule has 0 atom stereocenters. The molecule has 1 aromatic rings. The van der Waals surface area contributed by atoms with Crippen LogP contribution in [0.2, 0.25) is 0 Å². The van der Waals surface area contributed by atoms with Crippen LogP contribution in [0, 0.1) is 5.92 Å². The van der Waals surface area contributed by atoms with Crippen LogP contribution in [0.3, 0.4) is 0 Å². The number of carbonyl (C=O) groups excluding carboxylic acids is 1. The maximum absolute atomic E-state index is 12.4. The molecular formula is C18H30ClN3O4S. The Balaban J connectivity index is 0.00000364. The van der Waals surface area contributed by atoms with Crippen LogP contribution in [0.5, 0.6) is 5.75 Å². The van der Waals surface area contributed by atoms with E-state index in [1.165, 1.54) is 26.2 Å². The summed E-state index contributed by atoms with van der Waals surface area (Å²) in [6, 6.07) is 4.54. The van der Waals surface area contributed by atoms with Crippen molar-refractivity contribution < 1.29 is 17.9 Å². The number of rotatable bonds is 8. The Morgan fingerprint density at radius 1 is 1.30 bits per heavy atom. The summed E-state index contributed by atoms with van der Waals surface area (Å²) in [6.07, 6.45) is 3.44. The second-order valence-corrected chi connectivity index (χ2v) is 8.81. The zero-order chi connectivity index (χ0) is 19.2. The lowest BCUT2D eigenvalue weighted by molar-refractivity contribution is -0.116. The third kappa shape index (κ3) is 6.64. The summed E-state index contributed by atoms with van der Waals surface area (Å²) < 4.78 is 31.3. The minimum Gasteiger partial charge on any atom is -0.492 e. The number of nitrogens with zero attached hydrogens (tertiary/aromatic N) is 1. The molecule has 7 nitrogen and oxygen atoms in total. The van der Waals surface area contributed by atoms with Crippen LogP contribution in [0.15, 0.2) is 23.1 Å². The van der Waals surface area contributed by atoms with Gasteiger partial charge >= 0.3 is 0 Å². The zero-order valence-electron chi connectivity index (χ0n) is 16.2. The maximum Gasteiger partial charge on any atom is 0.242 e. The first-order chi connectivity index (χ1) is 12.3. The molecule has 0 radical (unpaired) electrons. The highest BCUT2D eigenvalue weighted by Crippen LogP contribution is 2.29. The number of piperidine rings is 1. The Kier molecular flexibility index (Phi) is 9.52. The zero-order valence-corrected chi connectivity index (χ0v) is 17.8. The van der Waals surface area contributed by atoms with E-state index in [2.05, 4.69) is 10.6 Å². The van der Waals surface area contributed by atoms with Gasteiger partial charge < -0.3 is 15.4 Å². The number of carbonyl (C=O) groups is 1. The summed E-state index contributed by atoms with van der Waals surface area (Å²) in [5.74, 6) is 0.915. The first kappa shape index (κ1) is 23.7. The van der Waals surface area contributed by atoms with Crippen LogP contribution in [0.1, 0.15) is 32.6 Å². The molecule has 27 heavy (non-hydrogen) atoms. The number of benzene rings is 1. The molecule has 0 unspecified atom stereocenters. The van der Waals surface area contributed by atoms with E-state index < -0.39 is 10.0 Å². The van der Waals surface area contributed by atoms with Gasteiger partial charge in [0.2, 0.25) is 15.9 Å². The summed E-state index contributed by atoms with van der Waals surface area (Å²) in [5.41, 5.74) is 0.394. The lowest BCUT2D eigenvalue weighted by Crippen LogP contribution is -2.28. The standard InChI is InChI=1S/C18H29N3O4S.ClH/c1-4-25-17-7-6-15(26(23,24)21(2)3)13-16(17)20-18(22)8-5-14-9-11-19-12-10-14;/h6-7,13-14,19H,4-5,8-12H2,1-3H3,(H,20,22);1H. The Bertz CT molecular complexity index is 719. The number of anilines is 1. The van der Waals surface area contributed by atoms with Crippen molar-refractivity contribution in [3.8, 4) is 5.75 Å². The van der Waals surface area contributed by atoms with Crippen molar-refractivity contribution in [2.45, 2.75) is 37.5 Å². The van der Waals surface area contributed by atoms with Gasteiger partial charge in [0, 0.05) is 20.5 Å². The maximum atomic E-state index is 12.4. The lowest BCUT2D eigenvalue weighted by Gasteiger charge is -2.22. The van der Waals surface area contributed by atoms with E-state index >= 15 is 0 Å². The molecule has 1 aromatic carbocycles. The molecule has 1 amide bonds. The van der Waals surface area contributed by atoms with Crippen LogP contribution in [0.4, 0.5) is 5.69 Å². The van der Waals surface area contributed by atoms with Crippen LogP contribution >= 0.6 is 12.4 Å². The molecule has 0 aromatic heterocycles. The molecule has 2 N–H and O–H groups in total. The van der Waals surface area contributed by atoms with Gasteiger partial charge in [-0.2, -0.15) is 0 Å². The van der Waals surface area contributed by atoms with Crippen molar-refractivity contribution in [3.63, 3.8) is 0 Å². The molecule has 1 heterocycles. The van der Waals surface area contributed by atoms with E-state index in [1.807, 2.05) is 6.92 Å². The van der Waals surface area contributed by atoms with Crippen LogP contribution in [0.25, 0.3) is 0 Å². The smallest absolute Gasteiger partial charge is 0.242 e. The molecule has 0 aliphatic carbocycles. The van der Waals surface area contributed by atoms with E-state index in [-0.39, 0.29) is 23.2 Å². The minimum atomic E-state index is -3.58.